The Balaban J connectivity index is 1.54. The van der Waals surface area contributed by atoms with Crippen molar-refractivity contribution in [3.05, 3.63) is 95.8 Å². The second-order valence-electron chi connectivity index (χ2n) is 6.86. The van der Waals surface area contributed by atoms with Crippen molar-refractivity contribution in [1.82, 2.24) is 9.55 Å². The first-order valence-corrected chi connectivity index (χ1v) is 9.66. The van der Waals surface area contributed by atoms with Crippen molar-refractivity contribution in [2.75, 3.05) is 0 Å². The van der Waals surface area contributed by atoms with Crippen molar-refractivity contribution in [3.8, 4) is 5.75 Å². The van der Waals surface area contributed by atoms with Crippen LogP contribution in [0.5, 0.6) is 5.75 Å². The van der Waals surface area contributed by atoms with Crippen molar-refractivity contribution >= 4 is 11.0 Å². The van der Waals surface area contributed by atoms with E-state index in [2.05, 4.69) is 22.5 Å². The van der Waals surface area contributed by atoms with Crippen LogP contribution < -0.4 is 4.74 Å². The highest BCUT2D eigenvalue weighted by Crippen LogP contribution is 2.27. The molecule has 0 fully saturated rings. The lowest BCUT2D eigenvalue weighted by atomic mass is 10.1. The molecule has 28 heavy (non-hydrogen) atoms. The van der Waals surface area contributed by atoms with Crippen LogP contribution in [0.4, 0.5) is 0 Å². The van der Waals surface area contributed by atoms with Crippen molar-refractivity contribution in [1.29, 1.82) is 0 Å². The third-order valence-electron chi connectivity index (χ3n) is 4.82. The largest absolute Gasteiger partial charge is 0.489 e. The minimum Gasteiger partial charge on any atom is -0.489 e. The monoisotopic (exact) mass is 372 g/mol. The van der Waals surface area contributed by atoms with Crippen LogP contribution in [0.25, 0.3) is 11.0 Å². The smallest absolute Gasteiger partial charge is 0.143 e. The molecule has 0 aliphatic heterocycles. The Hall–Kier alpha value is -3.11. The predicted octanol–water partition coefficient (Wildman–Crippen LogP) is 5.11. The van der Waals surface area contributed by atoms with E-state index >= 15 is 0 Å². The van der Waals surface area contributed by atoms with Gasteiger partial charge in [0.1, 0.15) is 24.3 Å². The molecule has 1 atom stereocenters. The molecule has 1 heterocycles. The number of ether oxygens (including phenoxy) is 1. The summed E-state index contributed by atoms with van der Waals surface area (Å²) in [6, 6.07) is 25.7. The van der Waals surface area contributed by atoms with Gasteiger partial charge < -0.3 is 14.4 Å². The molecule has 0 spiro atoms. The standard InChI is InChI=1S/C24H24N2O2/c1-2-16-26-22-11-7-6-10-21(22)25-24(26)23(27)19-12-14-20(15-13-19)28-17-18-8-4-3-5-9-18/h3-15,23,27H,2,16-17H2,1H3/t23-/m0/s1. The molecule has 4 nitrogen and oxygen atoms in total. The van der Waals surface area contributed by atoms with Gasteiger partial charge in [0.25, 0.3) is 0 Å². The Morgan fingerprint density at radius 3 is 2.39 bits per heavy atom. The summed E-state index contributed by atoms with van der Waals surface area (Å²) in [7, 11) is 0. The van der Waals surface area contributed by atoms with Gasteiger partial charge in [-0.15, -0.1) is 0 Å². The van der Waals surface area contributed by atoms with Gasteiger partial charge in [-0.05, 0) is 41.8 Å². The number of aryl methyl sites for hydroxylation is 1. The van der Waals surface area contributed by atoms with E-state index in [9.17, 15) is 5.11 Å². The van der Waals surface area contributed by atoms with Gasteiger partial charge in [-0.2, -0.15) is 0 Å². The Morgan fingerprint density at radius 2 is 1.64 bits per heavy atom. The second-order valence-corrected chi connectivity index (χ2v) is 6.86. The number of benzene rings is 3. The Kier molecular flexibility index (Phi) is 5.40. The van der Waals surface area contributed by atoms with Gasteiger partial charge in [-0.3, -0.25) is 0 Å². The zero-order valence-electron chi connectivity index (χ0n) is 16.0. The number of fused-ring (bicyclic) bond motifs is 1. The number of aliphatic hydroxyl groups excluding tert-OH is 1. The van der Waals surface area contributed by atoms with Gasteiger partial charge >= 0.3 is 0 Å². The molecule has 4 heteroatoms. The highest BCUT2D eigenvalue weighted by Gasteiger charge is 2.19. The lowest BCUT2D eigenvalue weighted by Crippen LogP contribution is -2.10. The fourth-order valence-electron chi connectivity index (χ4n) is 3.40. The maximum absolute atomic E-state index is 11.0. The second kappa shape index (κ2) is 8.28. The molecule has 0 amide bonds. The maximum Gasteiger partial charge on any atom is 0.143 e. The normalized spacial score (nSPS) is 12.2. The summed E-state index contributed by atoms with van der Waals surface area (Å²) < 4.78 is 7.95. The number of hydrogen-bond donors (Lipinski definition) is 1. The number of aliphatic hydroxyl groups is 1. The molecular weight excluding hydrogens is 348 g/mol. The van der Waals surface area contributed by atoms with E-state index in [0.29, 0.717) is 12.4 Å². The molecule has 0 radical (unpaired) electrons. The highest BCUT2D eigenvalue weighted by atomic mass is 16.5. The van der Waals surface area contributed by atoms with Crippen molar-refractivity contribution < 1.29 is 9.84 Å². The third-order valence-corrected chi connectivity index (χ3v) is 4.82. The lowest BCUT2D eigenvalue weighted by Gasteiger charge is -2.14. The average molecular weight is 372 g/mol. The summed E-state index contributed by atoms with van der Waals surface area (Å²) in [5, 5.41) is 11.0. The van der Waals surface area contributed by atoms with E-state index in [1.54, 1.807) is 0 Å². The molecule has 0 bridgehead atoms. The van der Waals surface area contributed by atoms with Crippen LogP contribution in [0, 0.1) is 0 Å². The molecule has 0 saturated carbocycles. The van der Waals surface area contributed by atoms with Gasteiger partial charge in [0, 0.05) is 6.54 Å². The molecule has 3 aromatic carbocycles. The van der Waals surface area contributed by atoms with Crippen LogP contribution in [-0.2, 0) is 13.2 Å². The van der Waals surface area contributed by atoms with Crippen LogP contribution >= 0.6 is 0 Å². The van der Waals surface area contributed by atoms with Crippen molar-refractivity contribution in [2.24, 2.45) is 0 Å². The SMILES string of the molecule is CCCn1c([C@@H](O)c2ccc(OCc3ccccc3)cc2)nc2ccccc21. The van der Waals surface area contributed by atoms with Crippen LogP contribution in [0.2, 0.25) is 0 Å². The van der Waals surface area contributed by atoms with Crippen molar-refractivity contribution in [3.63, 3.8) is 0 Å². The van der Waals surface area contributed by atoms with Gasteiger partial charge in [-0.1, -0.05) is 61.5 Å². The van der Waals surface area contributed by atoms with E-state index < -0.39 is 6.10 Å². The molecule has 1 N–H and O–H groups in total. The summed E-state index contributed by atoms with van der Waals surface area (Å²) in [5.74, 6) is 1.46. The minimum atomic E-state index is -0.776. The van der Waals surface area contributed by atoms with Crippen LogP contribution in [0.3, 0.4) is 0 Å². The Morgan fingerprint density at radius 1 is 0.929 bits per heavy atom. The van der Waals surface area contributed by atoms with Gasteiger partial charge in [0.15, 0.2) is 0 Å². The molecule has 142 valence electrons. The van der Waals surface area contributed by atoms with E-state index in [0.717, 1.165) is 40.9 Å². The Labute approximate surface area is 165 Å². The molecule has 0 saturated heterocycles. The first kappa shape index (κ1) is 18.3. The minimum absolute atomic E-state index is 0.523. The Bertz CT molecular complexity index is 1040. The van der Waals surface area contributed by atoms with Crippen LogP contribution in [-0.4, -0.2) is 14.7 Å². The molecule has 4 rings (SSSR count). The van der Waals surface area contributed by atoms with Gasteiger partial charge in [0.2, 0.25) is 0 Å². The molecule has 4 aromatic rings. The third kappa shape index (κ3) is 3.78. The number of aromatic nitrogens is 2. The van der Waals surface area contributed by atoms with Crippen LogP contribution in [0.1, 0.15) is 36.4 Å². The summed E-state index contributed by atoms with van der Waals surface area (Å²) in [4.78, 5) is 4.69. The van der Waals surface area contributed by atoms with E-state index in [1.165, 1.54) is 0 Å². The predicted molar refractivity (Wildman–Crippen MR) is 111 cm³/mol. The maximum atomic E-state index is 11.0. The van der Waals surface area contributed by atoms with Crippen LogP contribution in [0.15, 0.2) is 78.9 Å². The quantitative estimate of drug-likeness (QED) is 0.490. The lowest BCUT2D eigenvalue weighted by molar-refractivity contribution is 0.205. The zero-order chi connectivity index (χ0) is 19.3. The average Bonchev–Trinajstić information content (AvgIpc) is 3.12. The molecule has 0 aliphatic carbocycles. The number of imidazole rings is 1. The fourth-order valence-corrected chi connectivity index (χ4v) is 3.40. The fraction of sp³-hybridized carbons (Fsp3) is 0.208. The zero-order valence-corrected chi connectivity index (χ0v) is 16.0. The van der Waals surface area contributed by atoms with E-state index in [1.807, 2.05) is 72.8 Å². The van der Waals surface area contributed by atoms with Gasteiger partial charge in [0.05, 0.1) is 11.0 Å². The summed E-state index contributed by atoms with van der Waals surface area (Å²) in [6.07, 6.45) is 0.203. The van der Waals surface area contributed by atoms with E-state index in [-0.39, 0.29) is 0 Å². The molecule has 1 aromatic heterocycles. The molecule has 0 aliphatic rings. The first-order valence-electron chi connectivity index (χ1n) is 9.66. The van der Waals surface area contributed by atoms with Crippen molar-refractivity contribution in [2.45, 2.75) is 32.6 Å². The number of nitrogens with zero attached hydrogens (tertiary/aromatic N) is 2. The van der Waals surface area contributed by atoms with Gasteiger partial charge in [-0.25, -0.2) is 4.98 Å². The molecular formula is C24H24N2O2. The first-order chi connectivity index (χ1) is 13.8. The molecule has 0 unspecified atom stereocenters. The summed E-state index contributed by atoms with van der Waals surface area (Å²) >= 11 is 0. The number of para-hydroxylation sites is 2. The number of hydrogen-bond acceptors (Lipinski definition) is 3. The number of rotatable bonds is 7. The summed E-state index contributed by atoms with van der Waals surface area (Å²) in [6.45, 7) is 3.48. The summed E-state index contributed by atoms with van der Waals surface area (Å²) in [5.41, 5.74) is 3.90. The van der Waals surface area contributed by atoms with E-state index in [4.69, 9.17) is 4.74 Å². The topological polar surface area (TPSA) is 47.3 Å². The highest BCUT2D eigenvalue weighted by molar-refractivity contribution is 5.76.